The fourth-order valence-electron chi connectivity index (χ4n) is 2.01. The third-order valence-corrected chi connectivity index (χ3v) is 3.26. The van der Waals surface area contributed by atoms with Crippen molar-refractivity contribution in [2.24, 2.45) is 0 Å². The number of anilines is 1. The lowest BCUT2D eigenvalue weighted by Gasteiger charge is -2.07. The first kappa shape index (κ1) is 16.3. The molecule has 2 rings (SSSR count). The van der Waals surface area contributed by atoms with Crippen LogP contribution in [-0.2, 0) is 4.79 Å². The van der Waals surface area contributed by atoms with Crippen molar-refractivity contribution in [3.63, 3.8) is 0 Å². The van der Waals surface area contributed by atoms with Gasteiger partial charge in [0.1, 0.15) is 11.8 Å². The predicted molar refractivity (Wildman–Crippen MR) is 91.1 cm³/mol. The van der Waals surface area contributed by atoms with Gasteiger partial charge in [-0.2, -0.15) is 5.26 Å². The van der Waals surface area contributed by atoms with Crippen LogP contribution in [0.2, 0.25) is 0 Å². The molecule has 0 spiro atoms. The van der Waals surface area contributed by atoms with E-state index in [4.69, 9.17) is 10.00 Å². The second-order valence-electron chi connectivity index (χ2n) is 5.16. The van der Waals surface area contributed by atoms with Crippen LogP contribution in [0, 0.1) is 25.2 Å². The first-order chi connectivity index (χ1) is 11.1. The van der Waals surface area contributed by atoms with Gasteiger partial charge >= 0.3 is 0 Å². The standard InChI is InChI=1S/C19H18N2O2/c1-14-3-4-15(2)18(13-14)21-19(22)10-7-16-5-8-17(9-6-16)23-12-11-20/h3-10,13H,12H2,1-2H3,(H,21,22)/b10-7+. The monoisotopic (exact) mass is 306 g/mol. The molecule has 0 heterocycles. The molecule has 0 aromatic heterocycles. The van der Waals surface area contributed by atoms with E-state index < -0.39 is 0 Å². The van der Waals surface area contributed by atoms with Crippen molar-refractivity contribution in [2.45, 2.75) is 13.8 Å². The van der Waals surface area contributed by atoms with E-state index in [1.807, 2.05) is 50.2 Å². The molecule has 1 amide bonds. The lowest BCUT2D eigenvalue weighted by Crippen LogP contribution is -2.09. The fraction of sp³-hybridized carbons (Fsp3) is 0.158. The lowest BCUT2D eigenvalue weighted by atomic mass is 10.1. The number of hydrogen-bond acceptors (Lipinski definition) is 3. The van der Waals surface area contributed by atoms with E-state index in [9.17, 15) is 4.79 Å². The van der Waals surface area contributed by atoms with Crippen LogP contribution in [-0.4, -0.2) is 12.5 Å². The minimum Gasteiger partial charge on any atom is -0.479 e. The van der Waals surface area contributed by atoms with Crippen LogP contribution in [0.1, 0.15) is 16.7 Å². The smallest absolute Gasteiger partial charge is 0.248 e. The summed E-state index contributed by atoms with van der Waals surface area (Å²) >= 11 is 0. The molecule has 1 N–H and O–H groups in total. The molecule has 0 bridgehead atoms. The zero-order chi connectivity index (χ0) is 16.7. The molecular formula is C19H18N2O2. The third kappa shape index (κ3) is 5.01. The highest BCUT2D eigenvalue weighted by molar-refractivity contribution is 6.02. The maximum Gasteiger partial charge on any atom is 0.248 e. The maximum absolute atomic E-state index is 12.0. The van der Waals surface area contributed by atoms with Crippen LogP contribution in [0.5, 0.6) is 5.75 Å². The van der Waals surface area contributed by atoms with Crippen molar-refractivity contribution >= 4 is 17.7 Å². The van der Waals surface area contributed by atoms with Gasteiger partial charge in [-0.3, -0.25) is 4.79 Å². The Morgan fingerprint density at radius 1 is 1.22 bits per heavy atom. The highest BCUT2D eigenvalue weighted by atomic mass is 16.5. The summed E-state index contributed by atoms with van der Waals surface area (Å²) in [4.78, 5) is 12.0. The molecule has 2 aromatic rings. The topological polar surface area (TPSA) is 62.1 Å². The predicted octanol–water partition coefficient (Wildman–Crippen LogP) is 3.86. The molecular weight excluding hydrogens is 288 g/mol. The number of ether oxygens (including phenoxy) is 1. The molecule has 0 aliphatic carbocycles. The number of carbonyl (C=O) groups excluding carboxylic acids is 1. The third-order valence-electron chi connectivity index (χ3n) is 3.26. The normalized spacial score (nSPS) is 10.3. The molecule has 0 aliphatic heterocycles. The zero-order valence-corrected chi connectivity index (χ0v) is 13.2. The van der Waals surface area contributed by atoms with E-state index in [1.54, 1.807) is 18.2 Å². The molecule has 116 valence electrons. The summed E-state index contributed by atoms with van der Waals surface area (Å²) in [5, 5.41) is 11.3. The number of amides is 1. The average Bonchev–Trinajstić information content (AvgIpc) is 2.55. The average molecular weight is 306 g/mol. The van der Waals surface area contributed by atoms with Gasteiger partial charge in [0.15, 0.2) is 6.61 Å². The Kier molecular flexibility index (Phi) is 5.54. The first-order valence-corrected chi connectivity index (χ1v) is 7.24. The van der Waals surface area contributed by atoms with Crippen molar-refractivity contribution in [1.29, 1.82) is 5.26 Å². The molecule has 4 heteroatoms. The minimum atomic E-state index is -0.177. The Balaban J connectivity index is 1.98. The largest absolute Gasteiger partial charge is 0.479 e. The maximum atomic E-state index is 12.0. The number of rotatable bonds is 5. The van der Waals surface area contributed by atoms with E-state index in [2.05, 4.69) is 5.32 Å². The van der Waals surface area contributed by atoms with Crippen LogP contribution in [0.4, 0.5) is 5.69 Å². The fourth-order valence-corrected chi connectivity index (χ4v) is 2.01. The lowest BCUT2D eigenvalue weighted by molar-refractivity contribution is -0.111. The van der Waals surface area contributed by atoms with E-state index in [1.165, 1.54) is 6.08 Å². The Hall–Kier alpha value is -3.06. The molecule has 0 radical (unpaired) electrons. The summed E-state index contributed by atoms with van der Waals surface area (Å²) in [6.07, 6.45) is 3.22. The number of nitriles is 1. The SMILES string of the molecule is Cc1ccc(C)c(NC(=O)/C=C/c2ccc(OCC#N)cc2)c1. The molecule has 4 nitrogen and oxygen atoms in total. The van der Waals surface area contributed by atoms with E-state index in [-0.39, 0.29) is 12.5 Å². The highest BCUT2D eigenvalue weighted by Gasteiger charge is 2.02. The highest BCUT2D eigenvalue weighted by Crippen LogP contribution is 2.17. The van der Waals surface area contributed by atoms with Gasteiger partial charge in [0.25, 0.3) is 0 Å². The Morgan fingerprint density at radius 2 is 1.96 bits per heavy atom. The summed E-state index contributed by atoms with van der Waals surface area (Å²) in [5.74, 6) is 0.451. The number of nitrogens with zero attached hydrogens (tertiary/aromatic N) is 1. The summed E-state index contributed by atoms with van der Waals surface area (Å²) < 4.78 is 5.17. The number of carbonyl (C=O) groups is 1. The molecule has 0 fully saturated rings. The quantitative estimate of drug-likeness (QED) is 0.853. The van der Waals surface area contributed by atoms with E-state index >= 15 is 0 Å². The molecule has 0 aliphatic rings. The Bertz CT molecular complexity index is 756. The van der Waals surface area contributed by atoms with Gasteiger partial charge in [-0.25, -0.2) is 0 Å². The summed E-state index contributed by atoms with van der Waals surface area (Å²) in [6, 6.07) is 15.0. The summed E-state index contributed by atoms with van der Waals surface area (Å²) in [5.41, 5.74) is 3.82. The van der Waals surface area contributed by atoms with Gasteiger partial charge in [-0.1, -0.05) is 24.3 Å². The van der Waals surface area contributed by atoms with Gasteiger partial charge < -0.3 is 10.1 Å². The van der Waals surface area contributed by atoms with Gasteiger partial charge in [0.2, 0.25) is 5.91 Å². The molecule has 0 saturated carbocycles. The van der Waals surface area contributed by atoms with Crippen molar-refractivity contribution in [1.82, 2.24) is 0 Å². The Morgan fingerprint density at radius 3 is 2.65 bits per heavy atom. The van der Waals surface area contributed by atoms with Crippen LogP contribution in [0.25, 0.3) is 6.08 Å². The van der Waals surface area contributed by atoms with Crippen LogP contribution in [0.3, 0.4) is 0 Å². The zero-order valence-electron chi connectivity index (χ0n) is 13.2. The van der Waals surface area contributed by atoms with Crippen molar-refractivity contribution in [2.75, 3.05) is 11.9 Å². The molecule has 0 atom stereocenters. The Labute approximate surface area is 136 Å². The second kappa shape index (κ2) is 7.81. The van der Waals surface area contributed by atoms with Crippen LogP contribution < -0.4 is 10.1 Å². The van der Waals surface area contributed by atoms with Crippen LogP contribution in [0.15, 0.2) is 48.5 Å². The van der Waals surface area contributed by atoms with Gasteiger partial charge in [0.05, 0.1) is 0 Å². The van der Waals surface area contributed by atoms with Crippen molar-refractivity contribution < 1.29 is 9.53 Å². The molecule has 0 saturated heterocycles. The number of hydrogen-bond donors (Lipinski definition) is 1. The molecule has 0 unspecified atom stereocenters. The molecule has 2 aromatic carbocycles. The van der Waals surface area contributed by atoms with Crippen LogP contribution >= 0.6 is 0 Å². The van der Waals surface area contributed by atoms with Gasteiger partial charge in [-0.05, 0) is 54.8 Å². The van der Waals surface area contributed by atoms with E-state index in [0.29, 0.717) is 5.75 Å². The van der Waals surface area contributed by atoms with Crippen molar-refractivity contribution in [3.8, 4) is 11.8 Å². The second-order valence-corrected chi connectivity index (χ2v) is 5.16. The minimum absolute atomic E-state index is 0.0213. The van der Waals surface area contributed by atoms with Crippen molar-refractivity contribution in [3.05, 3.63) is 65.2 Å². The van der Waals surface area contributed by atoms with Gasteiger partial charge in [-0.15, -0.1) is 0 Å². The number of benzene rings is 2. The number of nitrogens with one attached hydrogen (secondary N) is 1. The summed E-state index contributed by atoms with van der Waals surface area (Å²) in [6.45, 7) is 3.97. The number of aryl methyl sites for hydroxylation is 2. The molecule has 23 heavy (non-hydrogen) atoms. The van der Waals surface area contributed by atoms with Gasteiger partial charge in [0, 0.05) is 11.8 Å². The van der Waals surface area contributed by atoms with E-state index in [0.717, 1.165) is 22.4 Å². The summed E-state index contributed by atoms with van der Waals surface area (Å²) in [7, 11) is 0. The first-order valence-electron chi connectivity index (χ1n) is 7.24.